The first-order valence-corrected chi connectivity index (χ1v) is 7.08. The van der Waals surface area contributed by atoms with Crippen LogP contribution in [0.15, 0.2) is 41.7 Å². The fourth-order valence-electron chi connectivity index (χ4n) is 2.48. The summed E-state index contributed by atoms with van der Waals surface area (Å²) in [4.78, 5) is 26.1. The maximum atomic E-state index is 12.6. The van der Waals surface area contributed by atoms with Crippen LogP contribution >= 0.6 is 0 Å². The number of para-hydroxylation sites is 1. The number of anilines is 1. The molecule has 5 nitrogen and oxygen atoms in total. The Balaban J connectivity index is 2.42. The van der Waals surface area contributed by atoms with Crippen LogP contribution in [0.3, 0.4) is 0 Å². The van der Waals surface area contributed by atoms with E-state index in [0.29, 0.717) is 12.1 Å². The highest BCUT2D eigenvalue weighted by Crippen LogP contribution is 2.30. The molecule has 1 unspecified atom stereocenters. The highest BCUT2D eigenvalue weighted by molar-refractivity contribution is 6.23. The zero-order valence-corrected chi connectivity index (χ0v) is 12.2. The molecule has 1 aliphatic rings. The normalized spacial score (nSPS) is 18.9. The van der Waals surface area contributed by atoms with Gasteiger partial charge in [-0.2, -0.15) is 0 Å². The maximum absolute atomic E-state index is 12.6. The van der Waals surface area contributed by atoms with Crippen molar-refractivity contribution in [1.82, 2.24) is 0 Å². The van der Waals surface area contributed by atoms with E-state index >= 15 is 0 Å². The molecule has 1 atom stereocenters. The molecule has 0 aliphatic carbocycles. The summed E-state index contributed by atoms with van der Waals surface area (Å²) in [6, 6.07) is 8.98. The van der Waals surface area contributed by atoms with E-state index in [4.69, 9.17) is 4.74 Å². The Bertz CT molecular complexity index is 565. The Morgan fingerprint density at radius 2 is 2.00 bits per heavy atom. The van der Waals surface area contributed by atoms with Crippen LogP contribution in [0.2, 0.25) is 0 Å². The largest absolute Gasteiger partial charge is 0.511 e. The van der Waals surface area contributed by atoms with E-state index < -0.39 is 11.9 Å². The summed E-state index contributed by atoms with van der Waals surface area (Å²) in [5.41, 5.74) is 0.453. The van der Waals surface area contributed by atoms with Gasteiger partial charge >= 0.3 is 5.97 Å². The minimum absolute atomic E-state index is 0.158. The minimum Gasteiger partial charge on any atom is -0.511 e. The summed E-state index contributed by atoms with van der Waals surface area (Å²) in [6.45, 7) is 3.76. The highest BCUT2D eigenvalue weighted by Gasteiger charge is 2.38. The van der Waals surface area contributed by atoms with Crippen molar-refractivity contribution in [3.8, 4) is 0 Å². The molecule has 112 valence electrons. The van der Waals surface area contributed by atoms with Crippen LogP contribution in [-0.4, -0.2) is 29.6 Å². The number of rotatable bonds is 4. The van der Waals surface area contributed by atoms with E-state index in [0.717, 1.165) is 0 Å². The summed E-state index contributed by atoms with van der Waals surface area (Å²) >= 11 is 0. The molecule has 0 saturated heterocycles. The molecule has 1 heterocycles. The van der Waals surface area contributed by atoms with Crippen LogP contribution in [0.25, 0.3) is 0 Å². The van der Waals surface area contributed by atoms with Crippen molar-refractivity contribution in [1.29, 1.82) is 0 Å². The summed E-state index contributed by atoms with van der Waals surface area (Å²) < 4.78 is 4.87. The van der Waals surface area contributed by atoms with Crippen molar-refractivity contribution in [2.24, 2.45) is 0 Å². The predicted molar refractivity (Wildman–Crippen MR) is 78.9 cm³/mol. The molecule has 1 aliphatic heterocycles. The van der Waals surface area contributed by atoms with Gasteiger partial charge in [0.1, 0.15) is 5.76 Å². The Morgan fingerprint density at radius 1 is 1.33 bits per heavy atom. The smallest absolute Gasteiger partial charge is 0.347 e. The van der Waals surface area contributed by atoms with Gasteiger partial charge in [0.25, 0.3) is 5.91 Å². The van der Waals surface area contributed by atoms with Gasteiger partial charge in [-0.15, -0.1) is 0 Å². The Morgan fingerprint density at radius 3 is 2.57 bits per heavy atom. The number of carbonyl (C=O) groups is 2. The van der Waals surface area contributed by atoms with E-state index in [1.165, 1.54) is 0 Å². The van der Waals surface area contributed by atoms with Crippen molar-refractivity contribution in [2.75, 3.05) is 11.5 Å². The molecule has 5 heteroatoms. The molecular formula is C16H19NO4. The molecule has 1 aromatic carbocycles. The van der Waals surface area contributed by atoms with Gasteiger partial charge in [-0.1, -0.05) is 25.1 Å². The van der Waals surface area contributed by atoms with Crippen molar-refractivity contribution in [3.05, 3.63) is 41.7 Å². The third kappa shape index (κ3) is 2.91. The summed E-state index contributed by atoms with van der Waals surface area (Å²) in [5, 5.41) is 10.0. The van der Waals surface area contributed by atoms with E-state index in [1.54, 1.807) is 11.8 Å². The van der Waals surface area contributed by atoms with E-state index in [1.807, 2.05) is 37.3 Å². The van der Waals surface area contributed by atoms with Gasteiger partial charge in [0, 0.05) is 18.2 Å². The first-order chi connectivity index (χ1) is 10.1. The molecule has 0 saturated carbocycles. The number of esters is 1. The SMILES string of the molecule is CCOC(=O)C1=C(O)CC(CC)N(c2ccccc2)C1=O. The molecule has 1 aromatic rings. The van der Waals surface area contributed by atoms with Crippen molar-refractivity contribution in [2.45, 2.75) is 32.7 Å². The monoisotopic (exact) mass is 289 g/mol. The van der Waals surface area contributed by atoms with Gasteiger partial charge in [0.05, 0.1) is 6.61 Å². The van der Waals surface area contributed by atoms with Gasteiger partial charge in [-0.05, 0) is 25.5 Å². The standard InChI is InChI=1S/C16H19NO4/c1-3-11-10-13(18)14(16(20)21-4-2)15(19)17(11)12-8-6-5-7-9-12/h5-9,11,18H,3-4,10H2,1-2H3. The van der Waals surface area contributed by atoms with Gasteiger partial charge < -0.3 is 14.7 Å². The third-order valence-corrected chi connectivity index (χ3v) is 3.50. The van der Waals surface area contributed by atoms with Crippen LogP contribution in [0.1, 0.15) is 26.7 Å². The zero-order valence-electron chi connectivity index (χ0n) is 12.2. The first-order valence-electron chi connectivity index (χ1n) is 7.08. The van der Waals surface area contributed by atoms with E-state index in [2.05, 4.69) is 0 Å². The lowest BCUT2D eigenvalue weighted by molar-refractivity contribution is -0.140. The Hall–Kier alpha value is -2.30. The molecule has 0 radical (unpaired) electrons. The first kappa shape index (κ1) is 15.1. The van der Waals surface area contributed by atoms with Gasteiger partial charge in [-0.25, -0.2) is 4.79 Å². The average molecular weight is 289 g/mol. The fourth-order valence-corrected chi connectivity index (χ4v) is 2.48. The Kier molecular flexibility index (Phi) is 4.62. The van der Waals surface area contributed by atoms with Crippen LogP contribution in [0, 0.1) is 0 Å². The number of aliphatic hydroxyl groups excluding tert-OH is 1. The number of hydrogen-bond donors (Lipinski definition) is 1. The lowest BCUT2D eigenvalue weighted by Gasteiger charge is -2.35. The second kappa shape index (κ2) is 6.43. The van der Waals surface area contributed by atoms with E-state index in [-0.39, 0.29) is 30.4 Å². The molecule has 1 N–H and O–H groups in total. The molecule has 0 bridgehead atoms. The van der Waals surface area contributed by atoms with Gasteiger partial charge in [0.15, 0.2) is 5.57 Å². The lowest BCUT2D eigenvalue weighted by atomic mass is 9.97. The molecule has 2 rings (SSSR count). The van der Waals surface area contributed by atoms with Crippen LogP contribution in [0.5, 0.6) is 0 Å². The zero-order chi connectivity index (χ0) is 15.4. The van der Waals surface area contributed by atoms with Crippen LogP contribution in [0.4, 0.5) is 5.69 Å². The topological polar surface area (TPSA) is 66.8 Å². The van der Waals surface area contributed by atoms with Crippen molar-refractivity contribution in [3.63, 3.8) is 0 Å². The highest BCUT2D eigenvalue weighted by atomic mass is 16.5. The second-order valence-electron chi connectivity index (χ2n) is 4.82. The third-order valence-electron chi connectivity index (χ3n) is 3.50. The number of carbonyl (C=O) groups excluding carboxylic acids is 2. The number of benzene rings is 1. The van der Waals surface area contributed by atoms with Crippen molar-refractivity contribution < 1.29 is 19.4 Å². The molecule has 1 amide bonds. The number of amides is 1. The predicted octanol–water partition coefficient (Wildman–Crippen LogP) is 2.58. The Labute approximate surface area is 123 Å². The molecular weight excluding hydrogens is 270 g/mol. The van der Waals surface area contributed by atoms with Crippen LogP contribution < -0.4 is 4.90 Å². The summed E-state index contributed by atoms with van der Waals surface area (Å²) in [7, 11) is 0. The van der Waals surface area contributed by atoms with Gasteiger partial charge in [-0.3, -0.25) is 4.79 Å². The second-order valence-corrected chi connectivity index (χ2v) is 4.82. The van der Waals surface area contributed by atoms with Crippen LogP contribution in [-0.2, 0) is 14.3 Å². The quantitative estimate of drug-likeness (QED) is 0.683. The number of ether oxygens (including phenoxy) is 1. The summed E-state index contributed by atoms with van der Waals surface area (Å²) in [6.07, 6.45) is 0.937. The molecule has 0 spiro atoms. The minimum atomic E-state index is -0.768. The van der Waals surface area contributed by atoms with Crippen molar-refractivity contribution >= 4 is 17.6 Å². The lowest BCUT2D eigenvalue weighted by Crippen LogP contribution is -2.46. The summed E-state index contributed by atoms with van der Waals surface area (Å²) in [5.74, 6) is -1.46. The van der Waals surface area contributed by atoms with E-state index in [9.17, 15) is 14.7 Å². The fraction of sp³-hybridized carbons (Fsp3) is 0.375. The maximum Gasteiger partial charge on any atom is 0.347 e. The number of hydrogen-bond acceptors (Lipinski definition) is 4. The average Bonchev–Trinajstić information content (AvgIpc) is 2.47. The van der Waals surface area contributed by atoms with Gasteiger partial charge in [0.2, 0.25) is 0 Å². The number of nitrogens with zero attached hydrogens (tertiary/aromatic N) is 1. The molecule has 0 aromatic heterocycles. The molecule has 21 heavy (non-hydrogen) atoms. The molecule has 0 fully saturated rings. The number of aliphatic hydroxyl groups is 1.